The highest BCUT2D eigenvalue weighted by molar-refractivity contribution is 5.77. The second-order valence-electron chi connectivity index (χ2n) is 4.29. The van der Waals surface area contributed by atoms with E-state index in [4.69, 9.17) is 0 Å². The molecule has 16 heavy (non-hydrogen) atoms. The van der Waals surface area contributed by atoms with Crippen LogP contribution in [0.15, 0.2) is 0 Å². The number of nitrogens with one attached hydrogen (secondary N) is 2. The second-order valence-corrected chi connectivity index (χ2v) is 4.29. The first-order chi connectivity index (χ1) is 7.81. The second kappa shape index (κ2) is 12.5. The maximum atomic E-state index is 11.3. The lowest BCUT2D eigenvalue weighted by molar-refractivity contribution is -0.120. The zero-order chi connectivity index (χ0) is 12.1. The molecule has 3 heteroatoms. The van der Waals surface area contributed by atoms with Crippen LogP contribution in [0.25, 0.3) is 0 Å². The van der Waals surface area contributed by atoms with Crippen molar-refractivity contribution in [2.24, 2.45) is 0 Å². The van der Waals surface area contributed by atoms with Crippen LogP contribution >= 0.6 is 0 Å². The molecule has 0 saturated carbocycles. The van der Waals surface area contributed by atoms with Gasteiger partial charge in [0.05, 0.1) is 6.54 Å². The third-order valence-electron chi connectivity index (χ3n) is 2.60. The molecule has 0 aliphatic carbocycles. The Morgan fingerprint density at radius 2 is 1.56 bits per heavy atom. The van der Waals surface area contributed by atoms with Gasteiger partial charge in [0.25, 0.3) is 0 Å². The first-order valence-corrected chi connectivity index (χ1v) is 6.78. The summed E-state index contributed by atoms with van der Waals surface area (Å²) in [6, 6.07) is 0. The molecule has 0 bridgehead atoms. The van der Waals surface area contributed by atoms with Crippen molar-refractivity contribution in [3.63, 3.8) is 0 Å². The van der Waals surface area contributed by atoms with Gasteiger partial charge in [0, 0.05) is 6.54 Å². The molecule has 96 valence electrons. The molecule has 0 saturated heterocycles. The Labute approximate surface area is 100 Å². The van der Waals surface area contributed by atoms with Crippen molar-refractivity contribution in [2.75, 3.05) is 19.6 Å². The van der Waals surface area contributed by atoms with Crippen molar-refractivity contribution in [1.82, 2.24) is 10.6 Å². The van der Waals surface area contributed by atoms with E-state index >= 15 is 0 Å². The fourth-order valence-corrected chi connectivity index (χ4v) is 1.52. The van der Waals surface area contributed by atoms with E-state index in [0.717, 1.165) is 25.9 Å². The van der Waals surface area contributed by atoms with Gasteiger partial charge in [-0.1, -0.05) is 46.0 Å². The van der Waals surface area contributed by atoms with Gasteiger partial charge in [-0.2, -0.15) is 0 Å². The van der Waals surface area contributed by atoms with Crippen LogP contribution in [0.1, 0.15) is 58.8 Å². The Hall–Kier alpha value is -0.570. The minimum Gasteiger partial charge on any atom is -0.355 e. The number of rotatable bonds is 11. The Bertz CT molecular complexity index is 160. The van der Waals surface area contributed by atoms with E-state index in [-0.39, 0.29) is 5.91 Å². The van der Waals surface area contributed by atoms with Crippen LogP contribution in [0.2, 0.25) is 0 Å². The zero-order valence-electron chi connectivity index (χ0n) is 11.0. The summed E-state index contributed by atoms with van der Waals surface area (Å²) in [5.74, 6) is 0.127. The minimum atomic E-state index is 0.127. The number of carbonyl (C=O) groups excluding carboxylic acids is 1. The van der Waals surface area contributed by atoms with E-state index in [0.29, 0.717) is 6.54 Å². The molecule has 0 radical (unpaired) electrons. The molecule has 0 rings (SSSR count). The standard InChI is InChI=1S/C13H28N2O/c1-3-5-7-8-9-10-14-12-13(16)15-11-6-4-2/h14H,3-12H2,1-2H3,(H,15,16). The van der Waals surface area contributed by atoms with E-state index in [1.165, 1.54) is 32.1 Å². The molecule has 3 nitrogen and oxygen atoms in total. The van der Waals surface area contributed by atoms with Crippen molar-refractivity contribution < 1.29 is 4.79 Å². The smallest absolute Gasteiger partial charge is 0.233 e. The third-order valence-corrected chi connectivity index (χ3v) is 2.60. The molecule has 0 heterocycles. The Balaban J connectivity index is 3.09. The van der Waals surface area contributed by atoms with Gasteiger partial charge in [-0.3, -0.25) is 4.79 Å². The van der Waals surface area contributed by atoms with Crippen molar-refractivity contribution in [3.05, 3.63) is 0 Å². The number of unbranched alkanes of at least 4 members (excludes halogenated alkanes) is 5. The molecule has 0 spiro atoms. The number of hydrogen-bond acceptors (Lipinski definition) is 2. The van der Waals surface area contributed by atoms with E-state index in [2.05, 4.69) is 24.5 Å². The molecule has 0 atom stereocenters. The van der Waals surface area contributed by atoms with E-state index in [9.17, 15) is 4.79 Å². The maximum Gasteiger partial charge on any atom is 0.233 e. The zero-order valence-corrected chi connectivity index (χ0v) is 11.0. The van der Waals surface area contributed by atoms with Crippen LogP contribution in [-0.2, 0) is 4.79 Å². The van der Waals surface area contributed by atoms with Crippen LogP contribution in [0, 0.1) is 0 Å². The van der Waals surface area contributed by atoms with Gasteiger partial charge in [-0.05, 0) is 19.4 Å². The van der Waals surface area contributed by atoms with E-state index in [1.54, 1.807) is 0 Å². The predicted molar refractivity (Wildman–Crippen MR) is 69.5 cm³/mol. The Kier molecular flexibility index (Phi) is 12.1. The fourth-order valence-electron chi connectivity index (χ4n) is 1.52. The Morgan fingerprint density at radius 3 is 2.25 bits per heavy atom. The molecule has 0 aliphatic rings. The summed E-state index contributed by atoms with van der Waals surface area (Å²) in [5, 5.41) is 6.07. The number of amides is 1. The highest BCUT2D eigenvalue weighted by atomic mass is 16.1. The first kappa shape index (κ1) is 15.4. The fraction of sp³-hybridized carbons (Fsp3) is 0.923. The summed E-state index contributed by atoms with van der Waals surface area (Å²) in [5.41, 5.74) is 0. The lowest BCUT2D eigenvalue weighted by Gasteiger charge is -2.05. The largest absolute Gasteiger partial charge is 0.355 e. The summed E-state index contributed by atoms with van der Waals surface area (Å²) in [7, 11) is 0. The van der Waals surface area contributed by atoms with Crippen molar-refractivity contribution in [1.29, 1.82) is 0 Å². The normalized spacial score (nSPS) is 10.4. The van der Waals surface area contributed by atoms with Gasteiger partial charge in [-0.25, -0.2) is 0 Å². The SMILES string of the molecule is CCCCCCCNCC(=O)NCCCC. The number of hydrogen-bond donors (Lipinski definition) is 2. The molecule has 0 aromatic heterocycles. The first-order valence-electron chi connectivity index (χ1n) is 6.78. The summed E-state index contributed by atoms with van der Waals surface area (Å²) in [4.78, 5) is 11.3. The quantitative estimate of drug-likeness (QED) is 0.533. The van der Waals surface area contributed by atoms with Gasteiger partial charge in [0.2, 0.25) is 5.91 Å². The lowest BCUT2D eigenvalue weighted by atomic mass is 10.1. The molecule has 0 aliphatic heterocycles. The molecular formula is C13H28N2O. The van der Waals surface area contributed by atoms with E-state index < -0.39 is 0 Å². The molecule has 0 fully saturated rings. The summed E-state index contributed by atoms with van der Waals surface area (Å²) in [6.45, 7) is 6.59. The average molecular weight is 228 g/mol. The molecule has 0 unspecified atom stereocenters. The molecule has 2 N–H and O–H groups in total. The Morgan fingerprint density at radius 1 is 0.875 bits per heavy atom. The third kappa shape index (κ3) is 11.5. The lowest BCUT2D eigenvalue weighted by Crippen LogP contribution is -2.34. The van der Waals surface area contributed by atoms with Gasteiger partial charge in [0.15, 0.2) is 0 Å². The summed E-state index contributed by atoms with van der Waals surface area (Å²) < 4.78 is 0. The topological polar surface area (TPSA) is 41.1 Å². The minimum absolute atomic E-state index is 0.127. The molecule has 1 amide bonds. The van der Waals surface area contributed by atoms with Crippen LogP contribution in [0.5, 0.6) is 0 Å². The van der Waals surface area contributed by atoms with E-state index in [1.807, 2.05) is 0 Å². The van der Waals surface area contributed by atoms with Crippen LogP contribution in [-0.4, -0.2) is 25.5 Å². The summed E-state index contributed by atoms with van der Waals surface area (Å²) in [6.07, 6.45) is 8.60. The number of carbonyl (C=O) groups is 1. The van der Waals surface area contributed by atoms with Crippen molar-refractivity contribution >= 4 is 5.91 Å². The highest BCUT2D eigenvalue weighted by Crippen LogP contribution is 2.00. The molecule has 0 aromatic carbocycles. The van der Waals surface area contributed by atoms with Gasteiger partial charge in [-0.15, -0.1) is 0 Å². The van der Waals surface area contributed by atoms with Gasteiger partial charge < -0.3 is 10.6 Å². The maximum absolute atomic E-state index is 11.3. The predicted octanol–water partition coefficient (Wildman–Crippen LogP) is 2.46. The highest BCUT2D eigenvalue weighted by Gasteiger charge is 1.98. The average Bonchev–Trinajstić information content (AvgIpc) is 2.28. The van der Waals surface area contributed by atoms with Crippen molar-refractivity contribution in [2.45, 2.75) is 58.8 Å². The van der Waals surface area contributed by atoms with Crippen molar-refractivity contribution in [3.8, 4) is 0 Å². The monoisotopic (exact) mass is 228 g/mol. The van der Waals surface area contributed by atoms with Crippen LogP contribution < -0.4 is 10.6 Å². The van der Waals surface area contributed by atoms with Gasteiger partial charge in [0.1, 0.15) is 0 Å². The molecule has 0 aromatic rings. The molecular weight excluding hydrogens is 200 g/mol. The summed E-state index contributed by atoms with van der Waals surface area (Å²) >= 11 is 0. The van der Waals surface area contributed by atoms with Crippen LogP contribution in [0.3, 0.4) is 0 Å². The van der Waals surface area contributed by atoms with Crippen LogP contribution in [0.4, 0.5) is 0 Å². The van der Waals surface area contributed by atoms with Gasteiger partial charge >= 0.3 is 0 Å².